The summed E-state index contributed by atoms with van der Waals surface area (Å²) in [6.45, 7) is 6.67. The first kappa shape index (κ1) is 18.6. The summed E-state index contributed by atoms with van der Waals surface area (Å²) in [4.78, 5) is 19.9. The molecular weight excluding hydrogens is 372 g/mol. The quantitative estimate of drug-likeness (QED) is 0.476. The lowest BCUT2D eigenvalue weighted by Crippen LogP contribution is -2.46. The number of rotatable bonds is 5. The maximum atomic E-state index is 10.8. The van der Waals surface area contributed by atoms with Gasteiger partial charge in [-0.3, -0.25) is 15.0 Å². The predicted octanol–water partition coefficient (Wildman–Crippen LogP) is 4.35. The van der Waals surface area contributed by atoms with Crippen molar-refractivity contribution in [1.82, 2.24) is 9.88 Å². The minimum Gasteiger partial charge on any atom is -0.369 e. The van der Waals surface area contributed by atoms with Gasteiger partial charge in [0.15, 0.2) is 0 Å². The number of thiazole rings is 1. The molecule has 0 radical (unpaired) electrons. The minimum atomic E-state index is -0.361. The van der Waals surface area contributed by atoms with E-state index in [1.807, 2.05) is 12.1 Å². The molecule has 1 saturated heterocycles. The highest BCUT2D eigenvalue weighted by Gasteiger charge is 2.19. The monoisotopic (exact) mass is 394 g/mol. The molecule has 1 fully saturated rings. The van der Waals surface area contributed by atoms with Crippen LogP contribution in [0, 0.1) is 17.0 Å². The van der Waals surface area contributed by atoms with Crippen LogP contribution in [0.4, 0.5) is 11.4 Å². The summed E-state index contributed by atoms with van der Waals surface area (Å²) in [7, 11) is 0. The molecule has 0 saturated carbocycles. The second-order valence-corrected chi connectivity index (χ2v) is 7.90. The fourth-order valence-electron chi connectivity index (χ4n) is 3.39. The number of nitro benzene ring substituents is 1. The van der Waals surface area contributed by atoms with Crippen molar-refractivity contribution in [1.29, 1.82) is 0 Å². The zero-order chi connectivity index (χ0) is 19.5. The number of hydrogen-bond donors (Lipinski definition) is 0. The van der Waals surface area contributed by atoms with Gasteiger partial charge in [-0.15, -0.1) is 11.3 Å². The van der Waals surface area contributed by atoms with Crippen LogP contribution in [-0.4, -0.2) is 41.0 Å². The van der Waals surface area contributed by atoms with Crippen LogP contribution < -0.4 is 4.90 Å². The Balaban J connectivity index is 1.33. The molecular formula is C21H22N4O2S. The summed E-state index contributed by atoms with van der Waals surface area (Å²) in [5.74, 6) is 0. The van der Waals surface area contributed by atoms with Crippen molar-refractivity contribution in [3.8, 4) is 10.6 Å². The van der Waals surface area contributed by atoms with Crippen molar-refractivity contribution in [3.05, 3.63) is 75.3 Å². The van der Waals surface area contributed by atoms with Crippen molar-refractivity contribution in [2.75, 3.05) is 31.1 Å². The van der Waals surface area contributed by atoms with E-state index in [1.54, 1.807) is 23.5 Å². The zero-order valence-corrected chi connectivity index (χ0v) is 16.6. The van der Waals surface area contributed by atoms with Gasteiger partial charge in [0.1, 0.15) is 5.01 Å². The average Bonchev–Trinajstić information content (AvgIpc) is 3.18. The Kier molecular flexibility index (Phi) is 5.36. The zero-order valence-electron chi connectivity index (χ0n) is 15.7. The lowest BCUT2D eigenvalue weighted by Gasteiger charge is -2.35. The van der Waals surface area contributed by atoms with Crippen LogP contribution in [0.15, 0.2) is 53.9 Å². The number of piperazine rings is 1. The second-order valence-electron chi connectivity index (χ2n) is 7.05. The molecule has 28 heavy (non-hydrogen) atoms. The summed E-state index contributed by atoms with van der Waals surface area (Å²) in [6.07, 6.45) is 0. The maximum absolute atomic E-state index is 10.8. The number of aryl methyl sites for hydroxylation is 1. The van der Waals surface area contributed by atoms with E-state index >= 15 is 0 Å². The molecule has 0 amide bonds. The molecule has 0 N–H and O–H groups in total. The first-order valence-corrected chi connectivity index (χ1v) is 10.2. The van der Waals surface area contributed by atoms with Crippen molar-refractivity contribution >= 4 is 22.7 Å². The molecule has 0 aliphatic carbocycles. The van der Waals surface area contributed by atoms with Gasteiger partial charge in [0.25, 0.3) is 5.69 Å². The third kappa shape index (κ3) is 4.21. The number of aromatic nitrogens is 1. The molecule has 0 atom stereocenters. The average molecular weight is 395 g/mol. The van der Waals surface area contributed by atoms with E-state index in [1.165, 1.54) is 11.1 Å². The molecule has 0 unspecified atom stereocenters. The van der Waals surface area contributed by atoms with E-state index in [9.17, 15) is 10.1 Å². The summed E-state index contributed by atoms with van der Waals surface area (Å²) >= 11 is 1.69. The predicted molar refractivity (Wildman–Crippen MR) is 113 cm³/mol. The van der Waals surface area contributed by atoms with Crippen LogP contribution in [0.25, 0.3) is 10.6 Å². The lowest BCUT2D eigenvalue weighted by molar-refractivity contribution is -0.384. The highest BCUT2D eigenvalue weighted by atomic mass is 32.1. The summed E-state index contributed by atoms with van der Waals surface area (Å²) in [5.41, 5.74) is 4.72. The highest BCUT2D eigenvalue weighted by molar-refractivity contribution is 7.13. The normalized spacial score (nSPS) is 15.0. The number of nitrogens with zero attached hydrogens (tertiary/aromatic N) is 4. The topological polar surface area (TPSA) is 62.5 Å². The fourth-order valence-corrected chi connectivity index (χ4v) is 4.20. The van der Waals surface area contributed by atoms with Gasteiger partial charge in [-0.25, -0.2) is 4.98 Å². The molecule has 1 aromatic heterocycles. The SMILES string of the molecule is Cc1ccc(-c2nc(CN3CCN(c4ccc([N+](=O)[O-])cc4)CC3)cs2)cc1. The first-order valence-electron chi connectivity index (χ1n) is 9.32. The number of hydrogen-bond acceptors (Lipinski definition) is 6. The Bertz CT molecular complexity index is 945. The van der Waals surface area contributed by atoms with Crippen molar-refractivity contribution in [3.63, 3.8) is 0 Å². The van der Waals surface area contributed by atoms with E-state index in [4.69, 9.17) is 4.98 Å². The molecule has 4 rings (SSSR count). The van der Waals surface area contributed by atoms with Gasteiger partial charge < -0.3 is 4.90 Å². The molecule has 2 heterocycles. The molecule has 2 aromatic carbocycles. The third-order valence-electron chi connectivity index (χ3n) is 5.03. The number of benzene rings is 2. The molecule has 144 valence electrons. The van der Waals surface area contributed by atoms with Crippen LogP contribution in [-0.2, 0) is 6.54 Å². The van der Waals surface area contributed by atoms with Gasteiger partial charge >= 0.3 is 0 Å². The van der Waals surface area contributed by atoms with Gasteiger partial charge in [0.05, 0.1) is 10.6 Å². The van der Waals surface area contributed by atoms with Crippen molar-refractivity contribution in [2.45, 2.75) is 13.5 Å². The number of anilines is 1. The fraction of sp³-hybridized carbons (Fsp3) is 0.286. The maximum Gasteiger partial charge on any atom is 0.269 e. The summed E-state index contributed by atoms with van der Waals surface area (Å²) in [6, 6.07) is 15.3. The van der Waals surface area contributed by atoms with E-state index in [2.05, 4.69) is 46.4 Å². The molecule has 1 aliphatic rings. The van der Waals surface area contributed by atoms with Crippen LogP contribution in [0.2, 0.25) is 0 Å². The van der Waals surface area contributed by atoms with Gasteiger partial charge in [-0.1, -0.05) is 29.8 Å². The Hall–Kier alpha value is -2.77. The van der Waals surface area contributed by atoms with Crippen LogP contribution in [0.3, 0.4) is 0 Å². The summed E-state index contributed by atoms with van der Waals surface area (Å²) in [5, 5.41) is 14.0. The minimum absolute atomic E-state index is 0.135. The molecule has 6 nitrogen and oxygen atoms in total. The Morgan fingerprint density at radius 1 is 1.04 bits per heavy atom. The Labute approximate surface area is 168 Å². The largest absolute Gasteiger partial charge is 0.369 e. The molecule has 7 heteroatoms. The smallest absolute Gasteiger partial charge is 0.269 e. The Morgan fingerprint density at radius 3 is 2.36 bits per heavy atom. The molecule has 1 aliphatic heterocycles. The van der Waals surface area contributed by atoms with Crippen LogP contribution in [0.1, 0.15) is 11.3 Å². The van der Waals surface area contributed by atoms with Gasteiger partial charge in [0, 0.05) is 61.5 Å². The highest BCUT2D eigenvalue weighted by Crippen LogP contribution is 2.25. The van der Waals surface area contributed by atoms with Crippen LogP contribution in [0.5, 0.6) is 0 Å². The van der Waals surface area contributed by atoms with Gasteiger partial charge in [-0.2, -0.15) is 0 Å². The van der Waals surface area contributed by atoms with Crippen molar-refractivity contribution in [2.24, 2.45) is 0 Å². The van der Waals surface area contributed by atoms with Crippen molar-refractivity contribution < 1.29 is 4.92 Å². The van der Waals surface area contributed by atoms with Gasteiger partial charge in [-0.05, 0) is 19.1 Å². The first-order chi connectivity index (χ1) is 13.6. The van der Waals surface area contributed by atoms with E-state index in [-0.39, 0.29) is 10.6 Å². The Morgan fingerprint density at radius 2 is 1.71 bits per heavy atom. The summed E-state index contributed by atoms with van der Waals surface area (Å²) < 4.78 is 0. The molecule has 3 aromatic rings. The number of nitro groups is 1. The number of non-ortho nitro benzene ring substituents is 1. The van der Waals surface area contributed by atoms with Gasteiger partial charge in [0.2, 0.25) is 0 Å². The van der Waals surface area contributed by atoms with E-state index < -0.39 is 0 Å². The molecule has 0 bridgehead atoms. The third-order valence-corrected chi connectivity index (χ3v) is 5.97. The lowest BCUT2D eigenvalue weighted by atomic mass is 10.2. The van der Waals surface area contributed by atoms with Crippen LogP contribution >= 0.6 is 11.3 Å². The standard InChI is InChI=1S/C21H22N4O2S/c1-16-2-4-17(5-3-16)21-22-18(15-28-21)14-23-10-12-24(13-11-23)19-6-8-20(9-7-19)25(26)27/h2-9,15H,10-14H2,1H3. The van der Waals surface area contributed by atoms with E-state index in [0.717, 1.165) is 49.1 Å². The molecule has 0 spiro atoms. The second kappa shape index (κ2) is 8.08. The van der Waals surface area contributed by atoms with E-state index in [0.29, 0.717) is 0 Å².